The molecule has 0 radical (unpaired) electrons. The molecule has 3 N–H and O–H groups in total. The van der Waals surface area contributed by atoms with E-state index >= 15 is 0 Å². The summed E-state index contributed by atoms with van der Waals surface area (Å²) < 4.78 is 0.980. The number of halogens is 1. The van der Waals surface area contributed by atoms with Gasteiger partial charge in [0.05, 0.1) is 11.7 Å². The zero-order valence-corrected chi connectivity index (χ0v) is 10.9. The van der Waals surface area contributed by atoms with Gasteiger partial charge in [0.25, 0.3) is 5.56 Å². The van der Waals surface area contributed by atoms with E-state index in [-0.39, 0.29) is 5.56 Å². The van der Waals surface area contributed by atoms with E-state index < -0.39 is 6.04 Å². The highest BCUT2D eigenvalue weighted by molar-refractivity contribution is 9.10. The molecule has 1 aromatic heterocycles. The highest BCUT2D eigenvalue weighted by atomic mass is 79.9. The molecule has 0 amide bonds. The number of benzene rings is 1. The van der Waals surface area contributed by atoms with Crippen LogP contribution in [0.5, 0.6) is 0 Å². The molecule has 0 aliphatic carbocycles. The van der Waals surface area contributed by atoms with Gasteiger partial charge in [-0.1, -0.05) is 28.1 Å². The molecule has 4 nitrogen and oxygen atoms in total. The van der Waals surface area contributed by atoms with Crippen LogP contribution in [0.3, 0.4) is 0 Å². The Kier molecular flexibility index (Phi) is 3.40. The first-order chi connectivity index (χ1) is 8.08. The number of aromatic amines is 1. The molecule has 0 saturated carbocycles. The van der Waals surface area contributed by atoms with Crippen molar-refractivity contribution in [3.8, 4) is 0 Å². The summed E-state index contributed by atoms with van der Waals surface area (Å²) in [6, 6.07) is 8.86. The molecule has 88 valence electrons. The van der Waals surface area contributed by atoms with Gasteiger partial charge < -0.3 is 5.73 Å². The number of nitrogens with zero attached hydrogens (tertiary/aromatic N) is 1. The normalized spacial score (nSPS) is 12.4. The summed E-state index contributed by atoms with van der Waals surface area (Å²) in [5.74, 6) is 0. The van der Waals surface area contributed by atoms with Crippen LogP contribution < -0.4 is 11.3 Å². The molecule has 0 aliphatic rings. The van der Waals surface area contributed by atoms with Crippen molar-refractivity contribution in [2.75, 3.05) is 0 Å². The lowest BCUT2D eigenvalue weighted by atomic mass is 10.0. The highest BCUT2D eigenvalue weighted by Crippen LogP contribution is 2.19. The number of aromatic nitrogens is 2. The van der Waals surface area contributed by atoms with Gasteiger partial charge in [0.2, 0.25) is 0 Å². The topological polar surface area (TPSA) is 71.8 Å². The minimum Gasteiger partial charge on any atom is -0.320 e. The molecule has 1 aromatic carbocycles. The molecule has 0 spiro atoms. The third-order valence-corrected chi connectivity index (χ3v) is 3.05. The van der Waals surface area contributed by atoms with Crippen LogP contribution in [-0.4, -0.2) is 10.2 Å². The molecule has 1 unspecified atom stereocenters. The average Bonchev–Trinajstić information content (AvgIpc) is 2.32. The van der Waals surface area contributed by atoms with Crippen LogP contribution in [-0.2, 0) is 0 Å². The molecule has 17 heavy (non-hydrogen) atoms. The Bertz CT molecular complexity index is 577. The van der Waals surface area contributed by atoms with Crippen molar-refractivity contribution < 1.29 is 0 Å². The number of aryl methyl sites for hydroxylation is 1. The summed E-state index contributed by atoms with van der Waals surface area (Å²) in [5.41, 5.74) is 7.99. The van der Waals surface area contributed by atoms with Crippen molar-refractivity contribution in [2.45, 2.75) is 13.0 Å². The van der Waals surface area contributed by atoms with Gasteiger partial charge in [-0.15, -0.1) is 0 Å². The van der Waals surface area contributed by atoms with E-state index in [0.717, 1.165) is 15.7 Å². The second kappa shape index (κ2) is 4.81. The molecule has 1 atom stereocenters. The molecule has 0 saturated heterocycles. The quantitative estimate of drug-likeness (QED) is 0.888. The zero-order chi connectivity index (χ0) is 12.4. The van der Waals surface area contributed by atoms with Gasteiger partial charge in [-0.05, 0) is 30.7 Å². The van der Waals surface area contributed by atoms with Crippen molar-refractivity contribution in [2.24, 2.45) is 5.73 Å². The standard InChI is InChI=1S/C12H12BrN3O/c1-7-6-10(12(17)16-15-7)11(14)8-2-4-9(13)5-3-8/h2-6,11H,14H2,1H3,(H,16,17). The van der Waals surface area contributed by atoms with Crippen LogP contribution in [0, 0.1) is 6.92 Å². The molecule has 0 bridgehead atoms. The number of hydrogen-bond donors (Lipinski definition) is 2. The maximum absolute atomic E-state index is 11.6. The molecule has 5 heteroatoms. The van der Waals surface area contributed by atoms with Gasteiger partial charge in [0, 0.05) is 10.0 Å². The molecule has 1 heterocycles. The predicted molar refractivity (Wildman–Crippen MR) is 69.8 cm³/mol. The van der Waals surface area contributed by atoms with Crippen LogP contribution in [0.2, 0.25) is 0 Å². The minimum absolute atomic E-state index is 0.244. The first-order valence-electron chi connectivity index (χ1n) is 5.15. The Balaban J connectivity index is 2.43. The van der Waals surface area contributed by atoms with E-state index in [1.807, 2.05) is 31.2 Å². The number of rotatable bonds is 2. The van der Waals surface area contributed by atoms with Crippen molar-refractivity contribution in [1.82, 2.24) is 10.2 Å². The van der Waals surface area contributed by atoms with Gasteiger partial charge in [0.15, 0.2) is 0 Å². The molecular formula is C12H12BrN3O. The van der Waals surface area contributed by atoms with E-state index in [9.17, 15) is 4.79 Å². The number of nitrogens with one attached hydrogen (secondary N) is 1. The van der Waals surface area contributed by atoms with Gasteiger partial charge in [-0.3, -0.25) is 4.79 Å². The van der Waals surface area contributed by atoms with Gasteiger partial charge in [-0.25, -0.2) is 5.10 Å². The van der Waals surface area contributed by atoms with Crippen LogP contribution in [0.1, 0.15) is 22.9 Å². The van der Waals surface area contributed by atoms with E-state index in [1.54, 1.807) is 6.07 Å². The molecule has 0 fully saturated rings. The smallest absolute Gasteiger partial charge is 0.269 e. The van der Waals surface area contributed by atoms with Crippen molar-refractivity contribution >= 4 is 15.9 Å². The van der Waals surface area contributed by atoms with Gasteiger partial charge in [-0.2, -0.15) is 5.10 Å². The average molecular weight is 294 g/mol. The largest absolute Gasteiger partial charge is 0.320 e. The third kappa shape index (κ3) is 2.62. The summed E-state index contributed by atoms with van der Waals surface area (Å²) in [6.45, 7) is 1.81. The molecule has 2 rings (SSSR count). The maximum atomic E-state index is 11.6. The fourth-order valence-corrected chi connectivity index (χ4v) is 1.87. The number of nitrogens with two attached hydrogens (primary N) is 1. The SMILES string of the molecule is Cc1cc(C(N)c2ccc(Br)cc2)c(=O)[nH]n1. The molecule has 2 aromatic rings. The fourth-order valence-electron chi connectivity index (χ4n) is 1.61. The lowest BCUT2D eigenvalue weighted by Crippen LogP contribution is -2.23. The van der Waals surface area contributed by atoms with E-state index in [1.165, 1.54) is 0 Å². The Morgan fingerprint density at radius 3 is 2.65 bits per heavy atom. The zero-order valence-electron chi connectivity index (χ0n) is 9.27. The second-order valence-corrected chi connectivity index (χ2v) is 4.74. The summed E-state index contributed by atoms with van der Waals surface area (Å²) >= 11 is 3.36. The number of H-pyrrole nitrogens is 1. The summed E-state index contributed by atoms with van der Waals surface area (Å²) in [6.07, 6.45) is 0. The van der Waals surface area contributed by atoms with Crippen molar-refractivity contribution in [1.29, 1.82) is 0 Å². The van der Waals surface area contributed by atoms with E-state index in [4.69, 9.17) is 5.73 Å². The first-order valence-corrected chi connectivity index (χ1v) is 5.94. The monoisotopic (exact) mass is 293 g/mol. The fraction of sp³-hybridized carbons (Fsp3) is 0.167. The Labute approximate surface area is 107 Å². The van der Waals surface area contributed by atoms with Crippen LogP contribution >= 0.6 is 15.9 Å². The van der Waals surface area contributed by atoms with Gasteiger partial charge >= 0.3 is 0 Å². The lowest BCUT2D eigenvalue weighted by Gasteiger charge is -2.11. The van der Waals surface area contributed by atoms with Crippen LogP contribution in [0.15, 0.2) is 39.6 Å². The molecular weight excluding hydrogens is 282 g/mol. The van der Waals surface area contributed by atoms with E-state index in [2.05, 4.69) is 26.1 Å². The maximum Gasteiger partial charge on any atom is 0.269 e. The molecule has 0 aliphatic heterocycles. The predicted octanol–water partition coefficient (Wildman–Crippen LogP) is 1.89. The van der Waals surface area contributed by atoms with Crippen LogP contribution in [0.25, 0.3) is 0 Å². The van der Waals surface area contributed by atoms with Crippen molar-refractivity contribution in [3.05, 3.63) is 62.0 Å². The highest BCUT2D eigenvalue weighted by Gasteiger charge is 2.13. The lowest BCUT2D eigenvalue weighted by molar-refractivity contribution is 0.814. The Morgan fingerprint density at radius 1 is 1.35 bits per heavy atom. The second-order valence-electron chi connectivity index (χ2n) is 3.82. The van der Waals surface area contributed by atoms with Crippen molar-refractivity contribution in [3.63, 3.8) is 0 Å². The van der Waals surface area contributed by atoms with E-state index in [0.29, 0.717) is 5.56 Å². The summed E-state index contributed by atoms with van der Waals surface area (Å²) in [4.78, 5) is 11.6. The van der Waals surface area contributed by atoms with Crippen LogP contribution in [0.4, 0.5) is 0 Å². The summed E-state index contributed by atoms with van der Waals surface area (Å²) in [5, 5.41) is 6.26. The van der Waals surface area contributed by atoms with Gasteiger partial charge in [0.1, 0.15) is 0 Å². The number of hydrogen-bond acceptors (Lipinski definition) is 3. The Morgan fingerprint density at radius 2 is 2.00 bits per heavy atom. The third-order valence-electron chi connectivity index (χ3n) is 2.52. The minimum atomic E-state index is -0.437. The Hall–Kier alpha value is -1.46. The summed E-state index contributed by atoms with van der Waals surface area (Å²) in [7, 11) is 0. The first kappa shape index (κ1) is 12.0.